The second-order valence-electron chi connectivity index (χ2n) is 11.0. The Balaban J connectivity index is 1.08. The first-order valence-electron chi connectivity index (χ1n) is 14.5. The van der Waals surface area contributed by atoms with Gasteiger partial charge in [-0.1, -0.05) is 72.8 Å². The molecule has 224 valence electrons. The smallest absolute Gasteiger partial charge is 0.308 e. The fourth-order valence-electron chi connectivity index (χ4n) is 5.01. The first-order valence-corrected chi connectivity index (χ1v) is 14.5. The molecule has 0 saturated carbocycles. The van der Waals surface area contributed by atoms with Crippen LogP contribution >= 0.6 is 0 Å². The van der Waals surface area contributed by atoms with E-state index in [4.69, 9.17) is 28.4 Å². The molecule has 2 aliphatic heterocycles. The van der Waals surface area contributed by atoms with E-state index >= 15 is 0 Å². The zero-order valence-electron chi connectivity index (χ0n) is 25.2. The molecule has 2 aliphatic rings. The van der Waals surface area contributed by atoms with Gasteiger partial charge in [0.15, 0.2) is 11.5 Å². The molecule has 0 saturated heterocycles. The van der Waals surface area contributed by atoms with Crippen molar-refractivity contribution in [3.63, 3.8) is 0 Å². The molecule has 7 nitrogen and oxygen atoms in total. The SMILES string of the molecule is Cc1ccc(C)c(OCc2ccccc2C2=COC(C(=O)C3OC=C(c4ccccc4COc4cc(C)ccc4C)O3)O2)c1. The van der Waals surface area contributed by atoms with E-state index in [-0.39, 0.29) is 0 Å². The van der Waals surface area contributed by atoms with E-state index < -0.39 is 18.4 Å². The predicted molar refractivity (Wildman–Crippen MR) is 166 cm³/mol. The number of hydrogen-bond acceptors (Lipinski definition) is 7. The quantitative estimate of drug-likeness (QED) is 0.188. The number of hydrogen-bond donors (Lipinski definition) is 0. The van der Waals surface area contributed by atoms with Crippen LogP contribution in [0.5, 0.6) is 11.5 Å². The largest absolute Gasteiger partial charge is 0.489 e. The molecule has 7 heteroatoms. The van der Waals surface area contributed by atoms with Crippen LogP contribution in [0.15, 0.2) is 97.5 Å². The van der Waals surface area contributed by atoms with E-state index in [1.165, 1.54) is 12.5 Å². The van der Waals surface area contributed by atoms with Crippen LogP contribution < -0.4 is 9.47 Å². The highest BCUT2D eigenvalue weighted by Crippen LogP contribution is 2.33. The van der Waals surface area contributed by atoms with Crippen LogP contribution in [-0.4, -0.2) is 18.4 Å². The van der Waals surface area contributed by atoms with Crippen LogP contribution in [-0.2, 0) is 37.0 Å². The van der Waals surface area contributed by atoms with Crippen molar-refractivity contribution in [2.24, 2.45) is 0 Å². The molecule has 0 radical (unpaired) electrons. The summed E-state index contributed by atoms with van der Waals surface area (Å²) in [4.78, 5) is 13.3. The third-order valence-corrected chi connectivity index (χ3v) is 7.55. The summed E-state index contributed by atoms with van der Waals surface area (Å²) in [6.07, 6.45) is 0.475. The number of ketones is 1. The van der Waals surface area contributed by atoms with Crippen molar-refractivity contribution in [2.75, 3.05) is 0 Å². The molecular formula is C37H34O7. The molecule has 2 unspecified atom stereocenters. The number of ether oxygens (including phenoxy) is 6. The van der Waals surface area contributed by atoms with Gasteiger partial charge in [0.2, 0.25) is 0 Å². The normalized spacial score (nSPS) is 17.0. The number of rotatable bonds is 10. The van der Waals surface area contributed by atoms with Crippen molar-refractivity contribution in [1.82, 2.24) is 0 Å². The van der Waals surface area contributed by atoms with Gasteiger partial charge in [-0.25, -0.2) is 0 Å². The standard InChI is InChI=1S/C37H34O7/c1-23-13-15-25(3)31(17-23)39-19-27-9-5-7-11-29(27)33-21-41-36(43-33)35(38)37-42-22-34(44-37)30-12-8-6-10-28(30)20-40-32-18-24(2)14-16-26(32)4/h5-18,21-22,36-37H,19-20H2,1-4H3. The van der Waals surface area contributed by atoms with Gasteiger partial charge in [-0.2, -0.15) is 0 Å². The minimum atomic E-state index is -1.21. The van der Waals surface area contributed by atoms with E-state index in [0.29, 0.717) is 24.7 Å². The Hall–Kier alpha value is -5.17. The van der Waals surface area contributed by atoms with Crippen LogP contribution in [0.2, 0.25) is 0 Å². The summed E-state index contributed by atoms with van der Waals surface area (Å²) in [7, 11) is 0. The molecule has 0 aromatic heterocycles. The molecule has 0 fully saturated rings. The van der Waals surface area contributed by atoms with Crippen molar-refractivity contribution in [3.8, 4) is 11.5 Å². The van der Waals surface area contributed by atoms with Gasteiger partial charge < -0.3 is 28.4 Å². The highest BCUT2D eigenvalue weighted by molar-refractivity contribution is 5.88. The van der Waals surface area contributed by atoms with Gasteiger partial charge >= 0.3 is 12.6 Å². The van der Waals surface area contributed by atoms with Gasteiger partial charge in [0.1, 0.15) is 37.2 Å². The summed E-state index contributed by atoms with van der Waals surface area (Å²) < 4.78 is 35.5. The fourth-order valence-corrected chi connectivity index (χ4v) is 5.01. The average molecular weight is 591 g/mol. The zero-order chi connectivity index (χ0) is 30.6. The van der Waals surface area contributed by atoms with E-state index in [1.807, 2.05) is 100 Å². The lowest BCUT2D eigenvalue weighted by molar-refractivity contribution is -0.163. The lowest BCUT2D eigenvalue weighted by Gasteiger charge is -2.17. The van der Waals surface area contributed by atoms with Crippen molar-refractivity contribution < 1.29 is 33.2 Å². The Bertz CT molecular complexity index is 1630. The number of carbonyl (C=O) groups excluding carboxylic acids is 1. The molecule has 44 heavy (non-hydrogen) atoms. The molecule has 4 aromatic carbocycles. The molecule has 2 heterocycles. The summed E-state index contributed by atoms with van der Waals surface area (Å²) >= 11 is 0. The number of carbonyl (C=O) groups is 1. The highest BCUT2D eigenvalue weighted by Gasteiger charge is 2.39. The van der Waals surface area contributed by atoms with E-state index in [0.717, 1.165) is 56.0 Å². The molecular weight excluding hydrogens is 556 g/mol. The second-order valence-corrected chi connectivity index (χ2v) is 11.0. The molecule has 2 atom stereocenters. The molecule has 0 spiro atoms. The van der Waals surface area contributed by atoms with Gasteiger partial charge in [0, 0.05) is 22.3 Å². The van der Waals surface area contributed by atoms with Crippen LogP contribution in [0.25, 0.3) is 11.5 Å². The zero-order valence-corrected chi connectivity index (χ0v) is 25.2. The maximum atomic E-state index is 13.3. The Labute approximate surface area is 257 Å². The first-order chi connectivity index (χ1) is 21.4. The topological polar surface area (TPSA) is 72.5 Å². The minimum Gasteiger partial charge on any atom is -0.489 e. The molecule has 0 N–H and O–H groups in total. The fraction of sp³-hybridized carbons (Fsp3) is 0.216. The predicted octanol–water partition coefficient (Wildman–Crippen LogP) is 7.69. The Morgan fingerprint density at radius 3 is 1.50 bits per heavy atom. The summed E-state index contributed by atoms with van der Waals surface area (Å²) in [6, 6.07) is 27.6. The average Bonchev–Trinajstić information content (AvgIpc) is 3.73. The van der Waals surface area contributed by atoms with Crippen LogP contribution in [0.1, 0.15) is 44.5 Å². The van der Waals surface area contributed by atoms with E-state index in [2.05, 4.69) is 12.1 Å². The highest BCUT2D eigenvalue weighted by atomic mass is 16.7. The number of benzene rings is 4. The monoisotopic (exact) mass is 590 g/mol. The van der Waals surface area contributed by atoms with Gasteiger partial charge in [0.05, 0.1) is 0 Å². The van der Waals surface area contributed by atoms with Gasteiger partial charge in [-0.05, 0) is 62.1 Å². The van der Waals surface area contributed by atoms with Gasteiger partial charge in [-0.15, -0.1) is 0 Å². The molecule has 0 amide bonds. The summed E-state index contributed by atoms with van der Waals surface area (Å²) in [5, 5.41) is 0. The van der Waals surface area contributed by atoms with Crippen LogP contribution in [0.3, 0.4) is 0 Å². The summed E-state index contributed by atoms with van der Waals surface area (Å²) in [5.74, 6) is 2.02. The molecule has 0 aliphatic carbocycles. The second kappa shape index (κ2) is 12.6. The van der Waals surface area contributed by atoms with Crippen LogP contribution in [0.4, 0.5) is 0 Å². The maximum absolute atomic E-state index is 13.3. The van der Waals surface area contributed by atoms with E-state index in [9.17, 15) is 4.79 Å². The first kappa shape index (κ1) is 28.9. The number of aryl methyl sites for hydroxylation is 4. The lowest BCUT2D eigenvalue weighted by atomic mass is 10.1. The third kappa shape index (κ3) is 6.27. The Morgan fingerprint density at radius 2 is 1.05 bits per heavy atom. The molecule has 6 rings (SSSR count). The third-order valence-electron chi connectivity index (χ3n) is 7.55. The number of Topliss-reactive ketones (excluding diaryl/α,β-unsaturated/α-hetero) is 1. The van der Waals surface area contributed by atoms with Crippen molar-refractivity contribution in [1.29, 1.82) is 0 Å². The Kier molecular flexibility index (Phi) is 8.28. The van der Waals surface area contributed by atoms with Gasteiger partial charge in [0.25, 0.3) is 5.78 Å². The van der Waals surface area contributed by atoms with E-state index in [1.54, 1.807) is 0 Å². The Morgan fingerprint density at radius 1 is 0.614 bits per heavy atom. The van der Waals surface area contributed by atoms with Crippen LogP contribution in [0, 0.1) is 27.7 Å². The van der Waals surface area contributed by atoms with Crippen molar-refractivity contribution in [3.05, 3.63) is 142 Å². The minimum absolute atomic E-state index is 0.328. The maximum Gasteiger partial charge on any atom is 0.308 e. The lowest BCUT2D eigenvalue weighted by Crippen LogP contribution is -2.34. The van der Waals surface area contributed by atoms with Gasteiger partial charge in [-0.3, -0.25) is 4.79 Å². The van der Waals surface area contributed by atoms with Crippen molar-refractivity contribution in [2.45, 2.75) is 53.5 Å². The molecule has 4 aromatic rings. The summed E-state index contributed by atoms with van der Waals surface area (Å²) in [5.41, 5.74) is 7.70. The summed E-state index contributed by atoms with van der Waals surface area (Å²) in [6.45, 7) is 8.74. The van der Waals surface area contributed by atoms with Crippen molar-refractivity contribution >= 4 is 17.3 Å². The molecule has 0 bridgehead atoms.